The molecule has 2 amide bonds. The Morgan fingerprint density at radius 1 is 1.25 bits per heavy atom. The molecule has 1 aromatic carbocycles. The smallest absolute Gasteiger partial charge is 0.266 e. The van der Waals surface area contributed by atoms with Gasteiger partial charge in [0.1, 0.15) is 5.75 Å². The van der Waals surface area contributed by atoms with Gasteiger partial charge in [0.2, 0.25) is 5.91 Å². The molecule has 4 rings (SSSR count). The molecule has 2 N–H and O–H groups in total. The van der Waals surface area contributed by atoms with E-state index in [1.807, 2.05) is 35.2 Å². The summed E-state index contributed by atoms with van der Waals surface area (Å²) in [5, 5.41) is 7.15. The minimum Gasteiger partial charge on any atom is -0.477 e. The van der Waals surface area contributed by atoms with E-state index in [0.29, 0.717) is 31.7 Å². The number of piperidine rings is 1. The first-order valence-corrected chi connectivity index (χ1v) is 9.87. The van der Waals surface area contributed by atoms with Crippen LogP contribution in [0.5, 0.6) is 5.75 Å². The van der Waals surface area contributed by atoms with Crippen molar-refractivity contribution in [1.82, 2.24) is 20.5 Å². The number of pyridine rings is 1. The van der Waals surface area contributed by atoms with Gasteiger partial charge in [0.05, 0.1) is 5.52 Å². The van der Waals surface area contributed by atoms with Crippen LogP contribution in [0.3, 0.4) is 0 Å². The number of nitrogens with one attached hydrogen (secondary N) is 2. The molecule has 7 heteroatoms. The number of hydrogen-bond acceptors (Lipinski definition) is 5. The van der Waals surface area contributed by atoms with E-state index < -0.39 is 5.60 Å². The van der Waals surface area contributed by atoms with Crippen molar-refractivity contribution in [3.63, 3.8) is 0 Å². The maximum absolute atomic E-state index is 13.5. The SMILES string of the molecule is CC(=O)N[C@H]1CCN(C(=O)C2(Oc3cccc4ncccc34)CCNCC2)C1. The molecule has 0 saturated carbocycles. The lowest BCUT2D eigenvalue weighted by atomic mass is 9.90. The van der Waals surface area contributed by atoms with Crippen molar-refractivity contribution in [2.75, 3.05) is 26.2 Å². The largest absolute Gasteiger partial charge is 0.477 e. The van der Waals surface area contributed by atoms with Crippen LogP contribution in [0.4, 0.5) is 0 Å². The van der Waals surface area contributed by atoms with Gasteiger partial charge in [-0.25, -0.2) is 0 Å². The maximum atomic E-state index is 13.5. The van der Waals surface area contributed by atoms with Crippen molar-refractivity contribution >= 4 is 22.7 Å². The third-order valence-electron chi connectivity index (χ3n) is 5.59. The lowest BCUT2D eigenvalue weighted by Gasteiger charge is -2.39. The lowest BCUT2D eigenvalue weighted by molar-refractivity contribution is -0.149. The van der Waals surface area contributed by atoms with Crippen molar-refractivity contribution in [2.24, 2.45) is 0 Å². The molecule has 2 aliphatic rings. The normalized spacial score (nSPS) is 21.5. The number of nitrogens with zero attached hydrogens (tertiary/aromatic N) is 2. The van der Waals surface area contributed by atoms with Crippen LogP contribution in [0.15, 0.2) is 36.5 Å². The predicted octanol–water partition coefficient (Wildman–Crippen LogP) is 1.47. The molecule has 0 radical (unpaired) electrons. The van der Waals surface area contributed by atoms with Crippen LogP contribution in [-0.4, -0.2) is 59.5 Å². The van der Waals surface area contributed by atoms with Crippen LogP contribution in [0.1, 0.15) is 26.2 Å². The first-order valence-electron chi connectivity index (χ1n) is 9.87. The minimum absolute atomic E-state index is 0.0157. The zero-order valence-corrected chi connectivity index (χ0v) is 16.1. The second-order valence-corrected chi connectivity index (χ2v) is 7.61. The van der Waals surface area contributed by atoms with E-state index in [-0.39, 0.29) is 17.9 Å². The van der Waals surface area contributed by atoms with Crippen LogP contribution in [0.25, 0.3) is 10.9 Å². The van der Waals surface area contributed by atoms with Gasteiger partial charge in [-0.1, -0.05) is 6.07 Å². The number of hydrogen-bond donors (Lipinski definition) is 2. The zero-order chi connectivity index (χ0) is 19.6. The fraction of sp³-hybridized carbons (Fsp3) is 0.476. The Hall–Kier alpha value is -2.67. The van der Waals surface area contributed by atoms with Gasteiger partial charge < -0.3 is 20.3 Å². The average Bonchev–Trinajstić information content (AvgIpc) is 3.16. The van der Waals surface area contributed by atoms with Crippen LogP contribution in [0.2, 0.25) is 0 Å². The third kappa shape index (κ3) is 3.67. The molecule has 2 aromatic rings. The van der Waals surface area contributed by atoms with E-state index in [9.17, 15) is 9.59 Å². The number of ether oxygens (including phenoxy) is 1. The van der Waals surface area contributed by atoms with Crippen LogP contribution < -0.4 is 15.4 Å². The zero-order valence-electron chi connectivity index (χ0n) is 16.1. The Bertz CT molecular complexity index is 874. The first-order chi connectivity index (χ1) is 13.6. The molecule has 2 saturated heterocycles. The molecule has 2 aliphatic heterocycles. The highest BCUT2D eigenvalue weighted by molar-refractivity contribution is 5.89. The van der Waals surface area contributed by atoms with Crippen molar-refractivity contribution < 1.29 is 14.3 Å². The molecule has 148 valence electrons. The minimum atomic E-state index is -0.888. The van der Waals surface area contributed by atoms with E-state index in [1.54, 1.807) is 6.20 Å². The highest BCUT2D eigenvalue weighted by Gasteiger charge is 2.46. The van der Waals surface area contributed by atoms with Gasteiger partial charge >= 0.3 is 0 Å². The molecule has 2 fully saturated rings. The van der Waals surface area contributed by atoms with Crippen LogP contribution >= 0.6 is 0 Å². The van der Waals surface area contributed by atoms with Crippen molar-refractivity contribution in [1.29, 1.82) is 0 Å². The number of aromatic nitrogens is 1. The molecule has 0 bridgehead atoms. The molecule has 7 nitrogen and oxygen atoms in total. The molecule has 0 spiro atoms. The van der Waals surface area contributed by atoms with E-state index in [0.717, 1.165) is 30.4 Å². The van der Waals surface area contributed by atoms with Gasteiger partial charge in [-0.3, -0.25) is 14.6 Å². The molecular weight excluding hydrogens is 356 g/mol. The van der Waals surface area contributed by atoms with E-state index in [2.05, 4.69) is 15.6 Å². The van der Waals surface area contributed by atoms with Gasteiger partial charge in [0, 0.05) is 50.5 Å². The second-order valence-electron chi connectivity index (χ2n) is 7.61. The maximum Gasteiger partial charge on any atom is 0.266 e. The summed E-state index contributed by atoms with van der Waals surface area (Å²) in [6.45, 7) is 4.15. The van der Waals surface area contributed by atoms with Gasteiger partial charge in [0.25, 0.3) is 5.91 Å². The summed E-state index contributed by atoms with van der Waals surface area (Å²) in [6.07, 6.45) is 3.76. The van der Waals surface area contributed by atoms with E-state index in [1.165, 1.54) is 6.92 Å². The summed E-state index contributed by atoms with van der Waals surface area (Å²) in [5.74, 6) is 0.650. The summed E-state index contributed by atoms with van der Waals surface area (Å²) in [6, 6.07) is 9.63. The standard InChI is InChI=1S/C21H26N4O3/c1-15(26)24-16-7-13-25(14-16)20(27)21(8-11-22-12-9-21)28-19-6-2-5-18-17(19)4-3-10-23-18/h2-6,10,16,22H,7-9,11-14H2,1H3,(H,24,26)/t16-/m0/s1. The Morgan fingerprint density at radius 2 is 2.07 bits per heavy atom. The lowest BCUT2D eigenvalue weighted by Crippen LogP contribution is -2.57. The predicted molar refractivity (Wildman–Crippen MR) is 106 cm³/mol. The van der Waals surface area contributed by atoms with Crippen molar-refractivity contribution in [3.8, 4) is 5.75 Å². The number of carbonyl (C=O) groups excluding carboxylic acids is 2. The Labute approximate surface area is 164 Å². The number of rotatable bonds is 4. The topological polar surface area (TPSA) is 83.6 Å². The van der Waals surface area contributed by atoms with Gasteiger partial charge in [0.15, 0.2) is 5.60 Å². The number of fused-ring (bicyclic) bond motifs is 1. The highest BCUT2D eigenvalue weighted by atomic mass is 16.5. The number of likely N-dealkylation sites (tertiary alicyclic amines) is 1. The number of carbonyl (C=O) groups is 2. The van der Waals surface area contributed by atoms with Crippen molar-refractivity contribution in [2.45, 2.75) is 37.8 Å². The molecule has 0 unspecified atom stereocenters. The Kier molecular flexibility index (Phi) is 5.17. The molecule has 0 aliphatic carbocycles. The van der Waals surface area contributed by atoms with Crippen LogP contribution in [-0.2, 0) is 9.59 Å². The van der Waals surface area contributed by atoms with Gasteiger partial charge in [-0.15, -0.1) is 0 Å². The fourth-order valence-corrected chi connectivity index (χ4v) is 4.20. The summed E-state index contributed by atoms with van der Waals surface area (Å²) in [4.78, 5) is 31.1. The summed E-state index contributed by atoms with van der Waals surface area (Å²) < 4.78 is 6.49. The monoisotopic (exact) mass is 382 g/mol. The average molecular weight is 382 g/mol. The van der Waals surface area contributed by atoms with Gasteiger partial charge in [-0.05, 0) is 43.8 Å². The van der Waals surface area contributed by atoms with E-state index >= 15 is 0 Å². The number of benzene rings is 1. The molecule has 1 atom stereocenters. The molecule has 1 aromatic heterocycles. The van der Waals surface area contributed by atoms with E-state index in [4.69, 9.17) is 4.74 Å². The van der Waals surface area contributed by atoms with Gasteiger partial charge in [-0.2, -0.15) is 0 Å². The summed E-state index contributed by atoms with van der Waals surface area (Å²) in [7, 11) is 0. The molecule has 28 heavy (non-hydrogen) atoms. The first kappa shape index (κ1) is 18.7. The summed E-state index contributed by atoms with van der Waals surface area (Å²) >= 11 is 0. The molecule has 3 heterocycles. The Balaban J connectivity index is 1.60. The summed E-state index contributed by atoms with van der Waals surface area (Å²) in [5.41, 5.74) is -0.0380. The fourth-order valence-electron chi connectivity index (χ4n) is 4.20. The van der Waals surface area contributed by atoms with Crippen LogP contribution in [0, 0.1) is 0 Å². The highest BCUT2D eigenvalue weighted by Crippen LogP contribution is 2.33. The molecular formula is C21H26N4O3. The second kappa shape index (κ2) is 7.75. The quantitative estimate of drug-likeness (QED) is 0.837. The third-order valence-corrected chi connectivity index (χ3v) is 5.59. The number of amides is 2. The Morgan fingerprint density at radius 3 is 2.86 bits per heavy atom. The van der Waals surface area contributed by atoms with Crippen molar-refractivity contribution in [3.05, 3.63) is 36.5 Å².